The Morgan fingerprint density at radius 1 is 1.39 bits per heavy atom. The summed E-state index contributed by atoms with van der Waals surface area (Å²) in [5.74, 6) is 0. The van der Waals surface area contributed by atoms with E-state index in [9.17, 15) is 5.11 Å². The van der Waals surface area contributed by atoms with Gasteiger partial charge in [0.15, 0.2) is 0 Å². The molecular weight excluding hydrogens is 244 g/mol. The summed E-state index contributed by atoms with van der Waals surface area (Å²) in [5, 5.41) is 16.9. The zero-order chi connectivity index (χ0) is 13.2. The number of rotatable bonds is 4. The summed E-state index contributed by atoms with van der Waals surface area (Å²) in [6.07, 6.45) is 4.18. The van der Waals surface area contributed by atoms with Crippen LogP contribution in [0.1, 0.15) is 57.2 Å². The van der Waals surface area contributed by atoms with Gasteiger partial charge in [-0.15, -0.1) is 11.3 Å². The lowest BCUT2D eigenvalue weighted by Crippen LogP contribution is -2.37. The van der Waals surface area contributed by atoms with E-state index in [2.05, 4.69) is 36.5 Å². The number of aliphatic hydroxyl groups is 1. The van der Waals surface area contributed by atoms with Crippen molar-refractivity contribution < 1.29 is 5.11 Å². The minimum Gasteiger partial charge on any atom is -0.389 e. The molecule has 0 aromatic carbocycles. The maximum Gasteiger partial charge on any atom is 0.0982 e. The van der Waals surface area contributed by atoms with Crippen LogP contribution in [-0.4, -0.2) is 22.2 Å². The minimum absolute atomic E-state index is 0.132. The molecule has 0 spiro atoms. The summed E-state index contributed by atoms with van der Waals surface area (Å²) in [6.45, 7) is 8.00. The molecule has 1 aromatic heterocycles. The molecule has 102 valence electrons. The minimum atomic E-state index is -0.469. The standard InChI is InChI=1S/C14H24N2OS/c1-13(2,3)12-16-11(9-18-12)8-15-10-14(17)6-4-5-7-14/h9,15,17H,4-8,10H2,1-3H3. The average Bonchev–Trinajstić information content (AvgIpc) is 2.87. The van der Waals surface area contributed by atoms with Crippen molar-refractivity contribution in [3.63, 3.8) is 0 Å². The second-order valence-corrected chi connectivity index (χ2v) is 7.29. The van der Waals surface area contributed by atoms with Crippen molar-refractivity contribution >= 4 is 11.3 Å². The van der Waals surface area contributed by atoms with Gasteiger partial charge in [-0.05, 0) is 12.8 Å². The van der Waals surface area contributed by atoms with Crippen LogP contribution in [0.2, 0.25) is 0 Å². The smallest absolute Gasteiger partial charge is 0.0982 e. The van der Waals surface area contributed by atoms with Gasteiger partial charge in [0.25, 0.3) is 0 Å². The van der Waals surface area contributed by atoms with E-state index < -0.39 is 5.60 Å². The number of nitrogens with one attached hydrogen (secondary N) is 1. The monoisotopic (exact) mass is 268 g/mol. The molecule has 0 saturated heterocycles. The van der Waals surface area contributed by atoms with Gasteiger partial charge in [0.1, 0.15) is 0 Å². The number of nitrogens with zero attached hydrogens (tertiary/aromatic N) is 1. The van der Waals surface area contributed by atoms with Gasteiger partial charge in [0.05, 0.1) is 16.3 Å². The van der Waals surface area contributed by atoms with E-state index in [-0.39, 0.29) is 5.41 Å². The second kappa shape index (κ2) is 5.27. The van der Waals surface area contributed by atoms with Gasteiger partial charge >= 0.3 is 0 Å². The third kappa shape index (κ3) is 3.53. The summed E-state index contributed by atoms with van der Waals surface area (Å²) in [4.78, 5) is 4.64. The highest BCUT2D eigenvalue weighted by molar-refractivity contribution is 7.09. The molecule has 0 radical (unpaired) electrons. The van der Waals surface area contributed by atoms with Crippen LogP contribution < -0.4 is 5.32 Å². The van der Waals surface area contributed by atoms with Gasteiger partial charge in [-0.1, -0.05) is 33.6 Å². The first-order valence-electron chi connectivity index (χ1n) is 6.77. The third-order valence-corrected chi connectivity index (χ3v) is 4.80. The van der Waals surface area contributed by atoms with Gasteiger partial charge in [0.2, 0.25) is 0 Å². The average molecular weight is 268 g/mol. The molecule has 1 aliphatic carbocycles. The predicted octanol–water partition coefficient (Wildman–Crippen LogP) is 2.84. The highest BCUT2D eigenvalue weighted by atomic mass is 32.1. The zero-order valence-corrected chi connectivity index (χ0v) is 12.4. The molecule has 0 bridgehead atoms. The Balaban J connectivity index is 1.82. The Labute approximate surface area is 114 Å². The molecule has 0 atom stereocenters. The summed E-state index contributed by atoms with van der Waals surface area (Å²) in [5.41, 5.74) is 0.752. The molecule has 1 heterocycles. The van der Waals surface area contributed by atoms with Gasteiger partial charge in [-0.3, -0.25) is 0 Å². The topological polar surface area (TPSA) is 45.2 Å². The highest BCUT2D eigenvalue weighted by Crippen LogP contribution is 2.29. The predicted molar refractivity (Wildman–Crippen MR) is 75.9 cm³/mol. The maximum atomic E-state index is 10.2. The fourth-order valence-corrected chi connectivity index (χ4v) is 3.27. The maximum absolute atomic E-state index is 10.2. The lowest BCUT2D eigenvalue weighted by atomic mass is 9.98. The Kier molecular flexibility index (Phi) is 4.09. The van der Waals surface area contributed by atoms with Crippen LogP contribution in [0.15, 0.2) is 5.38 Å². The zero-order valence-electron chi connectivity index (χ0n) is 11.6. The highest BCUT2D eigenvalue weighted by Gasteiger charge is 2.30. The van der Waals surface area contributed by atoms with E-state index in [1.807, 2.05) is 0 Å². The molecule has 1 fully saturated rings. The van der Waals surface area contributed by atoms with E-state index in [1.54, 1.807) is 11.3 Å². The molecule has 2 rings (SSSR count). The van der Waals surface area contributed by atoms with E-state index in [1.165, 1.54) is 5.01 Å². The molecule has 0 aliphatic heterocycles. The first-order chi connectivity index (χ1) is 8.39. The molecule has 2 N–H and O–H groups in total. The summed E-state index contributed by atoms with van der Waals surface area (Å²) >= 11 is 1.72. The largest absolute Gasteiger partial charge is 0.389 e. The Morgan fingerprint density at radius 3 is 2.61 bits per heavy atom. The van der Waals surface area contributed by atoms with Gasteiger partial charge in [-0.25, -0.2) is 4.98 Å². The first-order valence-corrected chi connectivity index (χ1v) is 7.65. The van der Waals surface area contributed by atoms with Crippen molar-refractivity contribution in [2.24, 2.45) is 0 Å². The van der Waals surface area contributed by atoms with E-state index in [0.29, 0.717) is 6.54 Å². The van der Waals surface area contributed by atoms with Crippen LogP contribution in [0.4, 0.5) is 0 Å². The molecule has 3 nitrogen and oxygen atoms in total. The van der Waals surface area contributed by atoms with Crippen LogP contribution in [0, 0.1) is 0 Å². The fraction of sp³-hybridized carbons (Fsp3) is 0.786. The summed E-state index contributed by atoms with van der Waals surface area (Å²) < 4.78 is 0. The number of hydrogen-bond acceptors (Lipinski definition) is 4. The van der Waals surface area contributed by atoms with Crippen LogP contribution in [0.3, 0.4) is 0 Å². The Hall–Kier alpha value is -0.450. The second-order valence-electron chi connectivity index (χ2n) is 6.43. The number of aromatic nitrogens is 1. The van der Waals surface area contributed by atoms with Crippen molar-refractivity contribution in [3.8, 4) is 0 Å². The molecule has 1 aromatic rings. The van der Waals surface area contributed by atoms with Gasteiger partial charge in [-0.2, -0.15) is 0 Å². The van der Waals surface area contributed by atoms with Crippen molar-refractivity contribution in [1.29, 1.82) is 0 Å². The van der Waals surface area contributed by atoms with Crippen LogP contribution in [-0.2, 0) is 12.0 Å². The quantitative estimate of drug-likeness (QED) is 0.882. The summed E-state index contributed by atoms with van der Waals surface area (Å²) in [7, 11) is 0. The van der Waals surface area contributed by atoms with Crippen molar-refractivity contribution in [3.05, 3.63) is 16.1 Å². The van der Waals surface area contributed by atoms with Gasteiger partial charge < -0.3 is 10.4 Å². The Morgan fingerprint density at radius 2 is 2.06 bits per heavy atom. The molecule has 18 heavy (non-hydrogen) atoms. The molecule has 1 aliphatic rings. The lowest BCUT2D eigenvalue weighted by molar-refractivity contribution is 0.0474. The molecule has 4 heteroatoms. The molecule has 1 saturated carbocycles. The summed E-state index contributed by atoms with van der Waals surface area (Å²) in [6, 6.07) is 0. The SMILES string of the molecule is CC(C)(C)c1nc(CNCC2(O)CCCC2)cs1. The van der Waals surface area contributed by atoms with Crippen LogP contribution in [0.25, 0.3) is 0 Å². The fourth-order valence-electron chi connectivity index (χ4n) is 2.37. The van der Waals surface area contributed by atoms with Crippen molar-refractivity contribution in [2.75, 3.05) is 6.54 Å². The normalized spacial score (nSPS) is 19.3. The number of thiazole rings is 1. The van der Waals surface area contributed by atoms with Crippen molar-refractivity contribution in [2.45, 2.75) is 64.0 Å². The van der Waals surface area contributed by atoms with E-state index in [0.717, 1.165) is 37.9 Å². The third-order valence-electron chi connectivity index (χ3n) is 3.49. The van der Waals surface area contributed by atoms with Crippen molar-refractivity contribution in [1.82, 2.24) is 10.3 Å². The first kappa shape index (κ1) is 14.0. The lowest BCUT2D eigenvalue weighted by Gasteiger charge is -2.22. The molecule has 0 unspecified atom stereocenters. The number of hydrogen-bond donors (Lipinski definition) is 2. The van der Waals surface area contributed by atoms with E-state index >= 15 is 0 Å². The molecule has 0 amide bonds. The van der Waals surface area contributed by atoms with E-state index in [4.69, 9.17) is 0 Å². The van der Waals surface area contributed by atoms with Crippen LogP contribution >= 0.6 is 11.3 Å². The Bertz CT molecular complexity index is 389. The molecular formula is C14H24N2OS. The van der Waals surface area contributed by atoms with Crippen LogP contribution in [0.5, 0.6) is 0 Å². The van der Waals surface area contributed by atoms with Gasteiger partial charge in [0, 0.05) is 23.9 Å².